The summed E-state index contributed by atoms with van der Waals surface area (Å²) >= 11 is 4.84. The monoisotopic (exact) mass is 300 g/mol. The van der Waals surface area contributed by atoms with Gasteiger partial charge in [-0.25, -0.2) is 0 Å². The van der Waals surface area contributed by atoms with Crippen LogP contribution in [0.15, 0.2) is 28.1 Å². The Hall–Kier alpha value is -0.980. The van der Waals surface area contributed by atoms with E-state index in [4.69, 9.17) is 4.74 Å². The number of ether oxygens (including phenoxy) is 1. The second-order valence-corrected chi connectivity index (χ2v) is 4.84. The molecular weight excluding hydrogens is 292 g/mol. The molecule has 0 aliphatic heterocycles. The van der Waals surface area contributed by atoms with Gasteiger partial charge in [0.05, 0.1) is 17.7 Å². The number of aromatic nitrogens is 2. The van der Waals surface area contributed by atoms with Crippen molar-refractivity contribution in [3.63, 3.8) is 0 Å². The Morgan fingerprint density at radius 3 is 2.69 bits per heavy atom. The topological polar surface area (TPSA) is 55.2 Å². The molecule has 6 heteroatoms. The fourth-order valence-electron chi connectivity index (χ4n) is 1.22. The van der Waals surface area contributed by atoms with Crippen LogP contribution < -0.4 is 4.74 Å². The second-order valence-electron chi connectivity index (χ2n) is 3.04. The number of hydrogen-bond acceptors (Lipinski definition) is 5. The molecule has 0 saturated heterocycles. The molecule has 2 aromatic heterocycles. The Bertz CT molecular complexity index is 472. The van der Waals surface area contributed by atoms with E-state index in [0.717, 1.165) is 9.35 Å². The molecule has 0 aliphatic carbocycles. The molecule has 2 aromatic rings. The first-order chi connectivity index (χ1) is 7.72. The molecule has 1 N–H and O–H groups in total. The number of halogens is 1. The van der Waals surface area contributed by atoms with Crippen LogP contribution in [0.2, 0.25) is 0 Å². The lowest BCUT2D eigenvalue weighted by atomic mass is 10.2. The van der Waals surface area contributed by atoms with E-state index >= 15 is 0 Å². The molecule has 0 aliphatic rings. The molecular formula is C10H9BrN2O2S. The summed E-state index contributed by atoms with van der Waals surface area (Å²) in [4.78, 5) is 0.819. The molecule has 2 rings (SSSR count). The number of thiophene rings is 1. The van der Waals surface area contributed by atoms with Crippen LogP contribution in [0.25, 0.3) is 0 Å². The molecule has 0 aromatic carbocycles. The standard InChI is InChI=1S/C10H9BrN2O2S/c1-15-8-3-2-7(12-13-8)9(14)10-6(11)4-5-16-10/h2-5,9,14H,1H3. The molecule has 0 saturated carbocycles. The van der Waals surface area contributed by atoms with Crippen molar-refractivity contribution in [3.05, 3.63) is 38.6 Å². The maximum absolute atomic E-state index is 10.1. The summed E-state index contributed by atoms with van der Waals surface area (Å²) in [6.07, 6.45) is -0.757. The lowest BCUT2D eigenvalue weighted by Crippen LogP contribution is -2.03. The van der Waals surface area contributed by atoms with Gasteiger partial charge in [-0.15, -0.1) is 21.5 Å². The van der Waals surface area contributed by atoms with E-state index in [-0.39, 0.29) is 0 Å². The molecule has 84 valence electrons. The highest BCUT2D eigenvalue weighted by molar-refractivity contribution is 9.10. The van der Waals surface area contributed by atoms with Crippen LogP contribution in [0.5, 0.6) is 5.88 Å². The van der Waals surface area contributed by atoms with Crippen molar-refractivity contribution in [2.45, 2.75) is 6.10 Å². The molecule has 0 bridgehead atoms. The van der Waals surface area contributed by atoms with E-state index < -0.39 is 6.10 Å². The quantitative estimate of drug-likeness (QED) is 0.946. The summed E-state index contributed by atoms with van der Waals surface area (Å²) in [5, 5.41) is 19.7. The summed E-state index contributed by atoms with van der Waals surface area (Å²) in [6, 6.07) is 5.26. The second kappa shape index (κ2) is 4.90. The molecule has 2 heterocycles. The van der Waals surface area contributed by atoms with E-state index in [0.29, 0.717) is 11.6 Å². The summed E-state index contributed by atoms with van der Waals surface area (Å²) in [5.74, 6) is 0.432. The van der Waals surface area contributed by atoms with Gasteiger partial charge in [0.25, 0.3) is 0 Å². The minimum Gasteiger partial charge on any atom is -0.480 e. The molecule has 16 heavy (non-hydrogen) atoms. The predicted octanol–water partition coefficient (Wildman–Crippen LogP) is 2.39. The first-order valence-corrected chi connectivity index (χ1v) is 6.18. The minimum absolute atomic E-state index is 0.432. The van der Waals surface area contributed by atoms with Crippen LogP contribution in [0.3, 0.4) is 0 Å². The average Bonchev–Trinajstić information content (AvgIpc) is 2.75. The Morgan fingerprint density at radius 1 is 1.38 bits per heavy atom. The van der Waals surface area contributed by atoms with Crippen LogP contribution in [0.4, 0.5) is 0 Å². The number of hydrogen-bond donors (Lipinski definition) is 1. The Balaban J connectivity index is 2.27. The molecule has 0 radical (unpaired) electrons. The van der Waals surface area contributed by atoms with Crippen LogP contribution >= 0.6 is 27.3 Å². The third kappa shape index (κ3) is 2.23. The van der Waals surface area contributed by atoms with Gasteiger partial charge in [-0.2, -0.15) is 0 Å². The molecule has 0 amide bonds. The third-order valence-corrected chi connectivity index (χ3v) is 3.97. The smallest absolute Gasteiger partial charge is 0.233 e. The van der Waals surface area contributed by atoms with Gasteiger partial charge >= 0.3 is 0 Å². The van der Waals surface area contributed by atoms with Gasteiger partial charge in [0.15, 0.2) is 0 Å². The first-order valence-electron chi connectivity index (χ1n) is 4.51. The number of nitrogens with zero attached hydrogens (tertiary/aromatic N) is 2. The zero-order chi connectivity index (χ0) is 11.5. The van der Waals surface area contributed by atoms with Crippen molar-refractivity contribution < 1.29 is 9.84 Å². The fourth-order valence-corrected chi connectivity index (χ4v) is 2.81. The molecule has 4 nitrogen and oxygen atoms in total. The summed E-state index contributed by atoms with van der Waals surface area (Å²) in [6.45, 7) is 0. The van der Waals surface area contributed by atoms with Gasteiger partial charge in [0.2, 0.25) is 5.88 Å². The molecule has 1 unspecified atom stereocenters. The highest BCUT2D eigenvalue weighted by Gasteiger charge is 2.16. The predicted molar refractivity (Wildman–Crippen MR) is 64.7 cm³/mol. The number of aliphatic hydroxyl groups is 1. The SMILES string of the molecule is COc1ccc(C(O)c2sccc2Br)nn1. The van der Waals surface area contributed by atoms with Crippen molar-refractivity contribution in [1.29, 1.82) is 0 Å². The average molecular weight is 301 g/mol. The van der Waals surface area contributed by atoms with Crippen LogP contribution in [-0.4, -0.2) is 22.4 Å². The van der Waals surface area contributed by atoms with Crippen molar-refractivity contribution in [1.82, 2.24) is 10.2 Å². The van der Waals surface area contributed by atoms with E-state index in [2.05, 4.69) is 26.1 Å². The normalized spacial score (nSPS) is 12.4. The molecule has 0 spiro atoms. The van der Waals surface area contributed by atoms with Crippen molar-refractivity contribution in [3.8, 4) is 5.88 Å². The van der Waals surface area contributed by atoms with E-state index in [1.165, 1.54) is 18.4 Å². The Labute approximate surface area is 105 Å². The zero-order valence-corrected chi connectivity index (χ0v) is 10.8. The van der Waals surface area contributed by atoms with Gasteiger partial charge in [-0.05, 0) is 33.4 Å². The van der Waals surface area contributed by atoms with E-state index in [9.17, 15) is 5.11 Å². The van der Waals surface area contributed by atoms with E-state index in [1.807, 2.05) is 11.4 Å². The van der Waals surface area contributed by atoms with Gasteiger partial charge in [0.1, 0.15) is 6.10 Å². The van der Waals surface area contributed by atoms with Crippen molar-refractivity contribution >= 4 is 27.3 Å². The highest BCUT2D eigenvalue weighted by atomic mass is 79.9. The van der Waals surface area contributed by atoms with Crippen molar-refractivity contribution in [2.24, 2.45) is 0 Å². The maximum Gasteiger partial charge on any atom is 0.233 e. The lowest BCUT2D eigenvalue weighted by molar-refractivity contribution is 0.216. The summed E-state index contributed by atoms with van der Waals surface area (Å²) in [7, 11) is 1.52. The van der Waals surface area contributed by atoms with Gasteiger partial charge in [-0.3, -0.25) is 0 Å². The van der Waals surface area contributed by atoms with Gasteiger partial charge in [-0.1, -0.05) is 0 Å². The fraction of sp³-hybridized carbons (Fsp3) is 0.200. The lowest BCUT2D eigenvalue weighted by Gasteiger charge is -2.08. The molecule has 0 fully saturated rings. The highest BCUT2D eigenvalue weighted by Crippen LogP contribution is 2.32. The van der Waals surface area contributed by atoms with Crippen molar-refractivity contribution in [2.75, 3.05) is 7.11 Å². The van der Waals surface area contributed by atoms with Crippen LogP contribution in [-0.2, 0) is 0 Å². The van der Waals surface area contributed by atoms with Crippen LogP contribution in [0.1, 0.15) is 16.7 Å². The first kappa shape index (κ1) is 11.5. The zero-order valence-electron chi connectivity index (χ0n) is 8.42. The molecule has 1 atom stereocenters. The number of rotatable bonds is 3. The van der Waals surface area contributed by atoms with Gasteiger partial charge < -0.3 is 9.84 Å². The maximum atomic E-state index is 10.1. The number of methoxy groups -OCH3 is 1. The summed E-state index contributed by atoms with van der Waals surface area (Å²) in [5.41, 5.74) is 0.504. The number of aliphatic hydroxyl groups excluding tert-OH is 1. The van der Waals surface area contributed by atoms with E-state index in [1.54, 1.807) is 12.1 Å². The Kier molecular flexibility index (Phi) is 3.52. The largest absolute Gasteiger partial charge is 0.480 e. The summed E-state index contributed by atoms with van der Waals surface area (Å²) < 4.78 is 5.78. The third-order valence-electron chi connectivity index (χ3n) is 2.04. The minimum atomic E-state index is -0.757. The Morgan fingerprint density at radius 2 is 2.19 bits per heavy atom. The van der Waals surface area contributed by atoms with Crippen LogP contribution in [0, 0.1) is 0 Å². The van der Waals surface area contributed by atoms with Gasteiger partial charge in [0, 0.05) is 10.5 Å².